The average molecular weight is 196 g/mol. The molecule has 0 aliphatic carbocycles. The van der Waals surface area contributed by atoms with Crippen molar-refractivity contribution >= 4 is 13.6 Å². The van der Waals surface area contributed by atoms with Crippen LogP contribution in [0.1, 0.15) is 19.8 Å². The third-order valence-electron chi connectivity index (χ3n) is 1.14. The zero-order valence-electron chi connectivity index (χ0n) is 6.89. The third kappa shape index (κ3) is 7.72. The fourth-order valence-corrected chi connectivity index (χ4v) is 1.23. The van der Waals surface area contributed by atoms with Gasteiger partial charge in [0, 0.05) is 6.42 Å². The van der Waals surface area contributed by atoms with Crippen LogP contribution in [0.5, 0.6) is 0 Å². The molecule has 0 heterocycles. The molecule has 0 saturated heterocycles. The second kappa shape index (κ2) is 5.30. The summed E-state index contributed by atoms with van der Waals surface area (Å²) in [4.78, 5) is 27.5. The molecule has 0 aromatic carbocycles. The molecule has 0 unspecified atom stereocenters. The van der Waals surface area contributed by atoms with E-state index in [9.17, 15) is 9.36 Å². The van der Waals surface area contributed by atoms with Crippen molar-refractivity contribution in [3.8, 4) is 0 Å². The highest BCUT2D eigenvalue weighted by Gasteiger charge is 2.13. The third-order valence-corrected chi connectivity index (χ3v) is 2.03. The molecule has 0 radical (unpaired) electrons. The number of esters is 1. The van der Waals surface area contributed by atoms with Gasteiger partial charge in [-0.25, -0.2) is 0 Å². The first-order chi connectivity index (χ1) is 5.45. The van der Waals surface area contributed by atoms with Crippen molar-refractivity contribution in [1.82, 2.24) is 0 Å². The monoisotopic (exact) mass is 196 g/mol. The Balaban J connectivity index is 3.44. The quantitative estimate of drug-likeness (QED) is 0.494. The molecule has 0 rings (SSSR count). The van der Waals surface area contributed by atoms with Gasteiger partial charge in [0.2, 0.25) is 0 Å². The summed E-state index contributed by atoms with van der Waals surface area (Å²) in [5.41, 5.74) is 0. The summed E-state index contributed by atoms with van der Waals surface area (Å²) in [7, 11) is -3.95. The first-order valence-corrected chi connectivity index (χ1v) is 5.45. The Labute approximate surface area is 70.9 Å². The van der Waals surface area contributed by atoms with Crippen LogP contribution in [0.2, 0.25) is 0 Å². The molecule has 6 heteroatoms. The number of hydrogen-bond acceptors (Lipinski definition) is 3. The van der Waals surface area contributed by atoms with Crippen LogP contribution < -0.4 is 0 Å². The van der Waals surface area contributed by atoms with E-state index in [4.69, 9.17) is 9.79 Å². The Kier molecular flexibility index (Phi) is 5.13. The van der Waals surface area contributed by atoms with E-state index in [1.54, 1.807) is 6.92 Å². The molecule has 0 saturated carbocycles. The number of carbonyl (C=O) groups is 1. The predicted octanol–water partition coefficient (Wildman–Crippen LogP) is 0.507. The minimum atomic E-state index is -3.95. The van der Waals surface area contributed by atoms with Crippen molar-refractivity contribution in [1.29, 1.82) is 0 Å². The van der Waals surface area contributed by atoms with E-state index in [1.807, 2.05) is 0 Å². The van der Waals surface area contributed by atoms with Crippen LogP contribution in [0, 0.1) is 0 Å². The molecule has 0 atom stereocenters. The van der Waals surface area contributed by atoms with E-state index in [2.05, 4.69) is 4.74 Å². The van der Waals surface area contributed by atoms with Crippen LogP contribution in [-0.4, -0.2) is 28.5 Å². The molecular weight excluding hydrogens is 183 g/mol. The lowest BCUT2D eigenvalue weighted by atomic mass is 10.3. The second-order valence-electron chi connectivity index (χ2n) is 2.30. The van der Waals surface area contributed by atoms with E-state index < -0.39 is 13.6 Å². The van der Waals surface area contributed by atoms with E-state index in [1.165, 1.54) is 0 Å². The highest BCUT2D eigenvalue weighted by Crippen LogP contribution is 2.35. The molecule has 0 amide bonds. The van der Waals surface area contributed by atoms with E-state index in [0.717, 1.165) is 0 Å². The van der Waals surface area contributed by atoms with Crippen LogP contribution in [0.3, 0.4) is 0 Å². The van der Waals surface area contributed by atoms with Crippen LogP contribution in [-0.2, 0) is 14.1 Å². The Hall–Kier alpha value is -0.380. The lowest BCUT2D eigenvalue weighted by Crippen LogP contribution is -2.04. The van der Waals surface area contributed by atoms with Gasteiger partial charge >= 0.3 is 13.6 Å². The molecule has 0 aliphatic rings. The Bertz CT molecular complexity index is 184. The van der Waals surface area contributed by atoms with E-state index in [-0.39, 0.29) is 19.0 Å². The minimum absolute atomic E-state index is 0.0684. The van der Waals surface area contributed by atoms with Gasteiger partial charge in [-0.3, -0.25) is 9.36 Å². The van der Waals surface area contributed by atoms with Crippen molar-refractivity contribution < 1.29 is 23.9 Å². The van der Waals surface area contributed by atoms with Crippen LogP contribution in [0.25, 0.3) is 0 Å². The van der Waals surface area contributed by atoms with Gasteiger partial charge in [0.05, 0.1) is 12.8 Å². The number of carbonyl (C=O) groups excluding carboxylic acids is 1. The fraction of sp³-hybridized carbons (Fsp3) is 0.833. The minimum Gasteiger partial charge on any atom is -0.466 e. The van der Waals surface area contributed by atoms with Gasteiger partial charge in [-0.05, 0) is 13.3 Å². The van der Waals surface area contributed by atoms with Crippen molar-refractivity contribution in [3.05, 3.63) is 0 Å². The van der Waals surface area contributed by atoms with Crippen molar-refractivity contribution in [3.63, 3.8) is 0 Å². The van der Waals surface area contributed by atoms with E-state index >= 15 is 0 Å². The predicted molar refractivity (Wildman–Crippen MR) is 42.8 cm³/mol. The summed E-state index contributed by atoms with van der Waals surface area (Å²) in [5.74, 6) is -0.411. The van der Waals surface area contributed by atoms with Crippen molar-refractivity contribution in [2.24, 2.45) is 0 Å². The van der Waals surface area contributed by atoms with Crippen molar-refractivity contribution in [2.45, 2.75) is 19.8 Å². The van der Waals surface area contributed by atoms with Crippen LogP contribution in [0.4, 0.5) is 0 Å². The SMILES string of the molecule is CCOC(=O)CCCP(=O)(O)O. The normalized spacial score (nSPS) is 11.2. The molecule has 0 aliphatic heterocycles. The average Bonchev–Trinajstić information content (AvgIpc) is 1.84. The zero-order chi connectivity index (χ0) is 9.61. The Morgan fingerprint density at radius 1 is 1.50 bits per heavy atom. The fourth-order valence-electron chi connectivity index (χ4n) is 0.663. The number of hydrogen-bond donors (Lipinski definition) is 2. The summed E-state index contributed by atoms with van der Waals surface area (Å²) in [6.07, 6.45) is -0.0200. The maximum atomic E-state index is 10.7. The highest BCUT2D eigenvalue weighted by molar-refractivity contribution is 7.51. The maximum absolute atomic E-state index is 10.7. The first kappa shape index (κ1) is 11.6. The molecule has 0 fully saturated rings. The molecule has 2 N–H and O–H groups in total. The molecular formula is C6H13O5P. The standard InChI is InChI=1S/C6H13O5P/c1-2-11-6(7)4-3-5-12(8,9)10/h2-5H2,1H3,(H2,8,9,10). The van der Waals surface area contributed by atoms with Gasteiger partial charge in [0.15, 0.2) is 0 Å². The Morgan fingerprint density at radius 3 is 2.50 bits per heavy atom. The summed E-state index contributed by atoms with van der Waals surface area (Å²) >= 11 is 0. The van der Waals surface area contributed by atoms with Crippen molar-refractivity contribution in [2.75, 3.05) is 12.8 Å². The highest BCUT2D eigenvalue weighted by atomic mass is 31.2. The second-order valence-corrected chi connectivity index (χ2v) is 4.07. The summed E-state index contributed by atoms with van der Waals surface area (Å²) < 4.78 is 14.9. The molecule has 0 spiro atoms. The van der Waals surface area contributed by atoms with Gasteiger partial charge < -0.3 is 14.5 Å². The first-order valence-electron chi connectivity index (χ1n) is 3.66. The molecule has 72 valence electrons. The van der Waals surface area contributed by atoms with E-state index in [0.29, 0.717) is 6.61 Å². The molecule has 5 nitrogen and oxygen atoms in total. The Morgan fingerprint density at radius 2 is 2.08 bits per heavy atom. The molecule has 0 aromatic rings. The van der Waals surface area contributed by atoms with Gasteiger partial charge in [-0.15, -0.1) is 0 Å². The molecule has 0 bridgehead atoms. The largest absolute Gasteiger partial charge is 0.466 e. The van der Waals surface area contributed by atoms with Gasteiger partial charge in [0.25, 0.3) is 0 Å². The van der Waals surface area contributed by atoms with Crippen LogP contribution in [0.15, 0.2) is 0 Å². The molecule has 0 aromatic heterocycles. The smallest absolute Gasteiger partial charge is 0.325 e. The number of ether oxygens (including phenoxy) is 1. The van der Waals surface area contributed by atoms with Gasteiger partial charge in [-0.2, -0.15) is 0 Å². The summed E-state index contributed by atoms with van der Waals surface area (Å²) in [5, 5.41) is 0. The summed E-state index contributed by atoms with van der Waals surface area (Å²) in [6.45, 7) is 1.98. The zero-order valence-corrected chi connectivity index (χ0v) is 7.79. The lowest BCUT2D eigenvalue weighted by molar-refractivity contribution is -0.143. The molecule has 12 heavy (non-hydrogen) atoms. The topological polar surface area (TPSA) is 83.8 Å². The van der Waals surface area contributed by atoms with Gasteiger partial charge in [0.1, 0.15) is 0 Å². The van der Waals surface area contributed by atoms with Crippen LogP contribution >= 0.6 is 7.60 Å². The van der Waals surface area contributed by atoms with Gasteiger partial charge in [-0.1, -0.05) is 0 Å². The lowest BCUT2D eigenvalue weighted by Gasteiger charge is -2.02. The summed E-state index contributed by atoms with van der Waals surface area (Å²) in [6, 6.07) is 0. The maximum Gasteiger partial charge on any atom is 0.325 e. The number of rotatable bonds is 5.